The highest BCUT2D eigenvalue weighted by atomic mass is 32.1. The molecular weight excluding hydrogens is 380 g/mol. The maximum absolute atomic E-state index is 11.5. The normalized spacial score (nSPS) is 20.6. The van der Waals surface area contributed by atoms with Crippen LogP contribution in [0.15, 0.2) is 35.1 Å². The van der Waals surface area contributed by atoms with Crippen LogP contribution < -0.4 is 5.69 Å². The molecule has 154 valence electrons. The van der Waals surface area contributed by atoms with Crippen LogP contribution in [0.25, 0.3) is 11.0 Å². The van der Waals surface area contributed by atoms with E-state index in [-0.39, 0.29) is 5.69 Å². The van der Waals surface area contributed by atoms with Crippen molar-refractivity contribution < 1.29 is 0 Å². The van der Waals surface area contributed by atoms with Gasteiger partial charge in [0.25, 0.3) is 0 Å². The third kappa shape index (κ3) is 4.20. The molecule has 29 heavy (non-hydrogen) atoms. The van der Waals surface area contributed by atoms with Gasteiger partial charge in [0.15, 0.2) is 0 Å². The third-order valence-corrected chi connectivity index (χ3v) is 7.78. The van der Waals surface area contributed by atoms with Crippen molar-refractivity contribution in [2.45, 2.75) is 51.1 Å². The molecule has 3 aromatic rings. The van der Waals surface area contributed by atoms with Crippen LogP contribution in [0.2, 0.25) is 0 Å². The number of fused-ring (bicyclic) bond motifs is 1. The largest absolute Gasteiger partial charge is 0.323 e. The molecule has 0 radical (unpaired) electrons. The van der Waals surface area contributed by atoms with Crippen molar-refractivity contribution >= 4 is 22.4 Å². The smallest absolute Gasteiger partial charge is 0.306 e. The van der Waals surface area contributed by atoms with Crippen molar-refractivity contribution in [1.29, 1.82) is 0 Å². The van der Waals surface area contributed by atoms with Gasteiger partial charge >= 0.3 is 5.69 Å². The number of piperidine rings is 2. The van der Waals surface area contributed by atoms with Gasteiger partial charge in [-0.3, -0.25) is 4.90 Å². The van der Waals surface area contributed by atoms with Gasteiger partial charge in [-0.05, 0) is 81.4 Å². The van der Waals surface area contributed by atoms with E-state index >= 15 is 0 Å². The second-order valence-corrected chi connectivity index (χ2v) is 10.1. The molecule has 6 heteroatoms. The Labute approximate surface area is 175 Å². The standard InChI is InChI=1S/C23H30N4OS/c1-16-2-4-20(29-16)15-26-10-8-19(9-11-26)27-12-6-17(7-13-27)18-3-5-21-22(14-18)25-23(28)24-21/h2-5,14,17,19H,6-13,15H2,1H3,(H2,24,25,28). The zero-order valence-electron chi connectivity index (χ0n) is 17.1. The summed E-state index contributed by atoms with van der Waals surface area (Å²) in [7, 11) is 0. The lowest BCUT2D eigenvalue weighted by Crippen LogP contribution is -2.47. The SMILES string of the molecule is Cc1ccc(CN2CCC(N3CCC(c4ccc5[nH]c(=O)[nH]c5c4)CC3)CC2)s1. The minimum atomic E-state index is -0.118. The molecule has 2 aromatic heterocycles. The predicted octanol–water partition coefficient (Wildman–Crippen LogP) is 4.07. The highest BCUT2D eigenvalue weighted by Gasteiger charge is 2.29. The Bertz CT molecular complexity index is 1020. The Hall–Kier alpha value is -1.89. The first-order chi connectivity index (χ1) is 14.1. The Balaban J connectivity index is 1.13. The van der Waals surface area contributed by atoms with Gasteiger partial charge in [0.2, 0.25) is 0 Å². The molecule has 5 nitrogen and oxygen atoms in total. The van der Waals surface area contributed by atoms with Crippen molar-refractivity contribution in [3.8, 4) is 0 Å². The zero-order valence-corrected chi connectivity index (χ0v) is 17.9. The molecule has 2 N–H and O–H groups in total. The average Bonchev–Trinajstić information content (AvgIpc) is 3.32. The number of hydrogen-bond donors (Lipinski definition) is 2. The highest BCUT2D eigenvalue weighted by Crippen LogP contribution is 2.32. The van der Waals surface area contributed by atoms with E-state index in [2.05, 4.69) is 51.0 Å². The van der Waals surface area contributed by atoms with Crippen LogP contribution in [0.1, 0.15) is 46.9 Å². The quantitative estimate of drug-likeness (QED) is 0.682. The van der Waals surface area contributed by atoms with Crippen LogP contribution in [0.3, 0.4) is 0 Å². The Kier molecular flexibility index (Phi) is 5.33. The van der Waals surface area contributed by atoms with Gasteiger partial charge in [-0.25, -0.2) is 4.79 Å². The van der Waals surface area contributed by atoms with Gasteiger partial charge in [-0.2, -0.15) is 0 Å². The molecule has 0 amide bonds. The first kappa shape index (κ1) is 19.1. The lowest BCUT2D eigenvalue weighted by Gasteiger charge is -2.42. The number of aryl methyl sites for hydroxylation is 1. The van der Waals surface area contributed by atoms with Crippen molar-refractivity contribution in [2.24, 2.45) is 0 Å². The van der Waals surface area contributed by atoms with Crippen LogP contribution >= 0.6 is 11.3 Å². The fourth-order valence-corrected chi connectivity index (χ4v) is 6.07. The van der Waals surface area contributed by atoms with Crippen molar-refractivity contribution in [3.05, 3.63) is 56.1 Å². The summed E-state index contributed by atoms with van der Waals surface area (Å²) in [6, 6.07) is 11.7. The summed E-state index contributed by atoms with van der Waals surface area (Å²) >= 11 is 1.94. The van der Waals surface area contributed by atoms with Gasteiger partial charge in [0.05, 0.1) is 11.0 Å². The van der Waals surface area contributed by atoms with E-state index in [1.807, 2.05) is 17.4 Å². The second kappa shape index (κ2) is 8.09. The summed E-state index contributed by atoms with van der Waals surface area (Å²) < 4.78 is 0. The number of H-pyrrole nitrogens is 2. The molecule has 5 rings (SSSR count). The first-order valence-corrected chi connectivity index (χ1v) is 11.7. The lowest BCUT2D eigenvalue weighted by molar-refractivity contribution is 0.0850. The van der Waals surface area contributed by atoms with E-state index in [4.69, 9.17) is 0 Å². The zero-order chi connectivity index (χ0) is 19.8. The van der Waals surface area contributed by atoms with E-state index in [0.717, 1.165) is 23.6 Å². The van der Waals surface area contributed by atoms with Gasteiger partial charge in [0.1, 0.15) is 0 Å². The van der Waals surface area contributed by atoms with Crippen molar-refractivity contribution in [1.82, 2.24) is 19.8 Å². The van der Waals surface area contributed by atoms with Gasteiger partial charge in [-0.15, -0.1) is 11.3 Å². The maximum Gasteiger partial charge on any atom is 0.323 e. The molecule has 2 fully saturated rings. The monoisotopic (exact) mass is 410 g/mol. The molecule has 0 spiro atoms. The average molecular weight is 411 g/mol. The first-order valence-electron chi connectivity index (χ1n) is 10.9. The van der Waals surface area contributed by atoms with Gasteiger partial charge in [-0.1, -0.05) is 6.07 Å². The summed E-state index contributed by atoms with van der Waals surface area (Å²) in [5.41, 5.74) is 3.09. The van der Waals surface area contributed by atoms with Gasteiger partial charge in [0, 0.05) is 35.4 Å². The van der Waals surface area contributed by atoms with E-state index in [0.29, 0.717) is 5.92 Å². The molecule has 0 bridgehead atoms. The maximum atomic E-state index is 11.5. The molecule has 1 aromatic carbocycles. The molecule has 2 aliphatic rings. The minimum absolute atomic E-state index is 0.118. The lowest BCUT2D eigenvalue weighted by atomic mass is 9.88. The summed E-state index contributed by atoms with van der Waals surface area (Å²) in [6.07, 6.45) is 5.03. The molecular formula is C23H30N4OS. The molecule has 2 saturated heterocycles. The summed E-state index contributed by atoms with van der Waals surface area (Å²) in [4.78, 5) is 25.5. The number of likely N-dealkylation sites (tertiary alicyclic amines) is 2. The molecule has 2 aliphatic heterocycles. The number of aromatic amines is 2. The highest BCUT2D eigenvalue weighted by molar-refractivity contribution is 7.11. The van der Waals surface area contributed by atoms with E-state index in [9.17, 15) is 4.79 Å². The fourth-order valence-electron chi connectivity index (χ4n) is 5.14. The summed E-state index contributed by atoms with van der Waals surface area (Å²) in [5, 5.41) is 0. The number of thiophene rings is 1. The molecule has 0 aliphatic carbocycles. The number of imidazole rings is 1. The number of hydrogen-bond acceptors (Lipinski definition) is 4. The Morgan fingerprint density at radius 3 is 2.45 bits per heavy atom. The molecule has 4 heterocycles. The predicted molar refractivity (Wildman–Crippen MR) is 120 cm³/mol. The van der Waals surface area contributed by atoms with Crippen LogP contribution in [0.4, 0.5) is 0 Å². The number of nitrogens with zero attached hydrogens (tertiary/aromatic N) is 2. The van der Waals surface area contributed by atoms with Gasteiger partial charge < -0.3 is 14.9 Å². The number of rotatable bonds is 4. The summed E-state index contributed by atoms with van der Waals surface area (Å²) in [5.74, 6) is 0.608. The number of aromatic nitrogens is 2. The molecule has 0 unspecified atom stereocenters. The fraction of sp³-hybridized carbons (Fsp3) is 0.522. The van der Waals surface area contributed by atoms with Crippen LogP contribution in [0, 0.1) is 6.92 Å². The Morgan fingerprint density at radius 2 is 1.72 bits per heavy atom. The molecule has 0 atom stereocenters. The number of nitrogens with one attached hydrogen (secondary N) is 2. The van der Waals surface area contributed by atoms with E-state index in [1.165, 1.54) is 67.2 Å². The Morgan fingerprint density at radius 1 is 0.966 bits per heavy atom. The van der Waals surface area contributed by atoms with Crippen LogP contribution in [0.5, 0.6) is 0 Å². The number of benzene rings is 1. The van der Waals surface area contributed by atoms with Crippen molar-refractivity contribution in [3.63, 3.8) is 0 Å². The minimum Gasteiger partial charge on any atom is -0.306 e. The van der Waals surface area contributed by atoms with E-state index in [1.54, 1.807) is 0 Å². The van der Waals surface area contributed by atoms with Crippen LogP contribution in [-0.2, 0) is 6.54 Å². The van der Waals surface area contributed by atoms with E-state index < -0.39 is 0 Å². The van der Waals surface area contributed by atoms with Crippen molar-refractivity contribution in [2.75, 3.05) is 26.2 Å². The third-order valence-electron chi connectivity index (χ3n) is 6.79. The van der Waals surface area contributed by atoms with Crippen LogP contribution in [-0.4, -0.2) is 52.0 Å². The summed E-state index contributed by atoms with van der Waals surface area (Å²) in [6.45, 7) is 8.15. The second-order valence-electron chi connectivity index (χ2n) is 8.71. The topological polar surface area (TPSA) is 55.1 Å². The molecule has 0 saturated carbocycles.